The summed E-state index contributed by atoms with van der Waals surface area (Å²) in [5.74, 6) is -0.202. The molecule has 0 aliphatic carbocycles. The number of methoxy groups -OCH3 is 1. The summed E-state index contributed by atoms with van der Waals surface area (Å²) in [5, 5.41) is 12.8. The van der Waals surface area contributed by atoms with Gasteiger partial charge < -0.3 is 15.2 Å². The summed E-state index contributed by atoms with van der Waals surface area (Å²) >= 11 is 6.06. The van der Waals surface area contributed by atoms with Crippen molar-refractivity contribution in [3.63, 3.8) is 0 Å². The first-order valence-corrected chi connectivity index (χ1v) is 6.80. The molecule has 5 heteroatoms. The van der Waals surface area contributed by atoms with Gasteiger partial charge >= 0.3 is 0 Å². The van der Waals surface area contributed by atoms with Crippen LogP contribution >= 0.6 is 11.6 Å². The van der Waals surface area contributed by atoms with E-state index in [9.17, 15) is 9.90 Å². The summed E-state index contributed by atoms with van der Waals surface area (Å²) in [5.41, 5.74) is 1.63. The van der Waals surface area contributed by atoms with E-state index in [-0.39, 0.29) is 12.5 Å². The molecule has 1 rings (SSSR count). The SMILES string of the molecule is COCC(O)CCNC(=O)/C=C(/C)c1ccccc1Cl. The Kier molecular flexibility index (Phi) is 7.30. The van der Waals surface area contributed by atoms with Crippen LogP contribution in [0.25, 0.3) is 5.57 Å². The third kappa shape index (κ3) is 5.74. The zero-order chi connectivity index (χ0) is 15.0. The van der Waals surface area contributed by atoms with Gasteiger partial charge in [-0.15, -0.1) is 0 Å². The van der Waals surface area contributed by atoms with E-state index in [1.54, 1.807) is 6.07 Å². The van der Waals surface area contributed by atoms with Crippen LogP contribution in [0.15, 0.2) is 30.3 Å². The molecule has 0 saturated carbocycles. The lowest BCUT2D eigenvalue weighted by Crippen LogP contribution is -2.27. The van der Waals surface area contributed by atoms with Gasteiger partial charge in [0.2, 0.25) is 5.91 Å². The van der Waals surface area contributed by atoms with Gasteiger partial charge in [-0.2, -0.15) is 0 Å². The van der Waals surface area contributed by atoms with Gasteiger partial charge in [0, 0.05) is 24.8 Å². The minimum Gasteiger partial charge on any atom is -0.391 e. The minimum absolute atomic E-state index is 0.202. The molecule has 1 aromatic rings. The molecule has 0 radical (unpaired) electrons. The van der Waals surface area contributed by atoms with Crippen LogP contribution in [0.3, 0.4) is 0 Å². The Morgan fingerprint density at radius 2 is 2.20 bits per heavy atom. The molecule has 110 valence electrons. The topological polar surface area (TPSA) is 58.6 Å². The molecule has 0 aliphatic rings. The summed E-state index contributed by atoms with van der Waals surface area (Å²) in [4.78, 5) is 11.7. The Hall–Kier alpha value is -1.36. The fraction of sp³-hybridized carbons (Fsp3) is 0.400. The van der Waals surface area contributed by atoms with Crippen molar-refractivity contribution in [2.75, 3.05) is 20.3 Å². The highest BCUT2D eigenvalue weighted by Gasteiger charge is 2.06. The lowest BCUT2D eigenvalue weighted by molar-refractivity contribution is -0.116. The maximum atomic E-state index is 11.7. The Labute approximate surface area is 124 Å². The van der Waals surface area contributed by atoms with Crippen LogP contribution in [0.4, 0.5) is 0 Å². The number of aliphatic hydroxyl groups excluding tert-OH is 1. The Bertz CT molecular complexity index is 474. The fourth-order valence-corrected chi connectivity index (χ4v) is 2.03. The highest BCUT2D eigenvalue weighted by atomic mass is 35.5. The minimum atomic E-state index is -0.561. The quantitative estimate of drug-likeness (QED) is 0.759. The predicted molar refractivity (Wildman–Crippen MR) is 80.6 cm³/mol. The van der Waals surface area contributed by atoms with Crippen LogP contribution in [-0.2, 0) is 9.53 Å². The van der Waals surface area contributed by atoms with Crippen LogP contribution in [0, 0.1) is 0 Å². The van der Waals surface area contributed by atoms with Crippen molar-refractivity contribution < 1.29 is 14.6 Å². The summed E-state index contributed by atoms with van der Waals surface area (Å²) < 4.78 is 4.81. The molecule has 0 bridgehead atoms. The van der Waals surface area contributed by atoms with Crippen LogP contribution in [-0.4, -0.2) is 37.4 Å². The molecule has 1 unspecified atom stereocenters. The predicted octanol–water partition coefficient (Wildman–Crippen LogP) is 2.26. The van der Waals surface area contributed by atoms with Crippen molar-refractivity contribution in [2.24, 2.45) is 0 Å². The van der Waals surface area contributed by atoms with E-state index >= 15 is 0 Å². The van der Waals surface area contributed by atoms with E-state index in [1.165, 1.54) is 13.2 Å². The number of rotatable bonds is 7. The van der Waals surface area contributed by atoms with Crippen LogP contribution < -0.4 is 5.32 Å². The molecular weight excluding hydrogens is 278 g/mol. The van der Waals surface area contributed by atoms with Crippen LogP contribution in [0.2, 0.25) is 5.02 Å². The molecule has 0 fully saturated rings. The molecule has 4 nitrogen and oxygen atoms in total. The molecule has 1 atom stereocenters. The van der Waals surface area contributed by atoms with E-state index in [2.05, 4.69) is 5.32 Å². The smallest absolute Gasteiger partial charge is 0.244 e. The fourth-order valence-electron chi connectivity index (χ4n) is 1.74. The number of nitrogens with one attached hydrogen (secondary N) is 1. The number of carbonyl (C=O) groups is 1. The largest absolute Gasteiger partial charge is 0.391 e. The third-order valence-corrected chi connectivity index (χ3v) is 3.11. The van der Waals surface area contributed by atoms with Crippen molar-refractivity contribution in [2.45, 2.75) is 19.4 Å². The van der Waals surface area contributed by atoms with Gasteiger partial charge in [0.15, 0.2) is 0 Å². The lowest BCUT2D eigenvalue weighted by atomic mass is 10.1. The van der Waals surface area contributed by atoms with Gasteiger partial charge in [-0.05, 0) is 30.5 Å². The van der Waals surface area contributed by atoms with Crippen molar-refractivity contribution in [3.8, 4) is 0 Å². The first kappa shape index (κ1) is 16.7. The van der Waals surface area contributed by atoms with Gasteiger partial charge in [0.1, 0.15) is 0 Å². The second-order valence-electron chi connectivity index (χ2n) is 4.50. The standard InChI is InChI=1S/C15H20ClNO3/c1-11(13-5-3-4-6-14(13)16)9-15(19)17-8-7-12(18)10-20-2/h3-6,9,12,18H,7-8,10H2,1-2H3,(H,17,19)/b11-9-. The van der Waals surface area contributed by atoms with E-state index in [4.69, 9.17) is 16.3 Å². The maximum Gasteiger partial charge on any atom is 0.244 e. The average molecular weight is 298 g/mol. The van der Waals surface area contributed by atoms with Gasteiger partial charge in [-0.25, -0.2) is 0 Å². The molecule has 20 heavy (non-hydrogen) atoms. The first-order valence-electron chi connectivity index (χ1n) is 6.42. The lowest BCUT2D eigenvalue weighted by Gasteiger charge is -2.09. The van der Waals surface area contributed by atoms with Gasteiger partial charge in [0.25, 0.3) is 0 Å². The Morgan fingerprint density at radius 3 is 2.85 bits per heavy atom. The maximum absolute atomic E-state index is 11.7. The molecule has 1 amide bonds. The number of ether oxygens (including phenoxy) is 1. The monoisotopic (exact) mass is 297 g/mol. The molecule has 0 aliphatic heterocycles. The Balaban J connectivity index is 2.48. The molecule has 2 N–H and O–H groups in total. The summed E-state index contributed by atoms with van der Waals surface area (Å²) in [6.07, 6.45) is 1.40. The first-order chi connectivity index (χ1) is 9.54. The van der Waals surface area contributed by atoms with Gasteiger partial charge in [-0.3, -0.25) is 4.79 Å². The van der Waals surface area contributed by atoms with E-state index in [1.807, 2.05) is 25.1 Å². The number of halogens is 1. The second-order valence-corrected chi connectivity index (χ2v) is 4.90. The van der Waals surface area contributed by atoms with E-state index in [0.717, 1.165) is 11.1 Å². The van der Waals surface area contributed by atoms with Gasteiger partial charge in [0.05, 0.1) is 12.7 Å². The zero-order valence-electron chi connectivity index (χ0n) is 11.7. The molecule has 0 aromatic heterocycles. The summed E-state index contributed by atoms with van der Waals surface area (Å²) in [7, 11) is 1.53. The highest BCUT2D eigenvalue weighted by molar-refractivity contribution is 6.32. The van der Waals surface area contributed by atoms with E-state index in [0.29, 0.717) is 18.0 Å². The molecule has 0 saturated heterocycles. The van der Waals surface area contributed by atoms with Crippen molar-refractivity contribution in [3.05, 3.63) is 40.9 Å². The normalized spacial score (nSPS) is 13.1. The Morgan fingerprint density at radius 1 is 1.50 bits per heavy atom. The van der Waals surface area contributed by atoms with E-state index < -0.39 is 6.10 Å². The molecule has 0 spiro atoms. The number of allylic oxidation sites excluding steroid dienone is 1. The van der Waals surface area contributed by atoms with Crippen LogP contribution in [0.1, 0.15) is 18.9 Å². The van der Waals surface area contributed by atoms with Crippen LogP contribution in [0.5, 0.6) is 0 Å². The number of hydrogen-bond acceptors (Lipinski definition) is 3. The molecule has 1 aromatic carbocycles. The molecular formula is C15H20ClNO3. The number of hydrogen-bond donors (Lipinski definition) is 2. The summed E-state index contributed by atoms with van der Waals surface area (Å²) in [6.45, 7) is 2.50. The molecule has 0 heterocycles. The number of benzene rings is 1. The number of aliphatic hydroxyl groups is 1. The zero-order valence-corrected chi connectivity index (χ0v) is 12.5. The summed E-state index contributed by atoms with van der Waals surface area (Å²) in [6, 6.07) is 7.37. The van der Waals surface area contributed by atoms with Crippen molar-refractivity contribution >= 4 is 23.1 Å². The van der Waals surface area contributed by atoms with Crippen molar-refractivity contribution in [1.82, 2.24) is 5.32 Å². The number of amides is 1. The average Bonchev–Trinajstić information content (AvgIpc) is 2.39. The third-order valence-electron chi connectivity index (χ3n) is 2.78. The van der Waals surface area contributed by atoms with Crippen molar-refractivity contribution in [1.29, 1.82) is 0 Å². The number of carbonyl (C=O) groups excluding carboxylic acids is 1. The van der Waals surface area contributed by atoms with Gasteiger partial charge in [-0.1, -0.05) is 29.8 Å². The highest BCUT2D eigenvalue weighted by Crippen LogP contribution is 2.22. The second kappa shape index (κ2) is 8.74.